The van der Waals surface area contributed by atoms with Gasteiger partial charge >= 0.3 is 0 Å². The number of nitrogens with zero attached hydrogens (tertiary/aromatic N) is 1. The maximum atomic E-state index is 12.2. The van der Waals surface area contributed by atoms with Gasteiger partial charge < -0.3 is 14.5 Å². The Kier molecular flexibility index (Phi) is 5.71. The van der Waals surface area contributed by atoms with E-state index in [2.05, 4.69) is 9.97 Å². The fourth-order valence-electron chi connectivity index (χ4n) is 2.27. The summed E-state index contributed by atoms with van der Waals surface area (Å²) in [5.74, 6) is 1.37. The number of hydrogen-bond donors (Lipinski definition) is 1. The lowest BCUT2D eigenvalue weighted by Crippen LogP contribution is -2.17. The van der Waals surface area contributed by atoms with E-state index >= 15 is 0 Å². The van der Waals surface area contributed by atoms with Crippen molar-refractivity contribution in [2.75, 3.05) is 13.4 Å². The Hall–Kier alpha value is -1.95. The fourth-order valence-corrected chi connectivity index (χ4v) is 2.69. The van der Waals surface area contributed by atoms with Crippen LogP contribution in [0.25, 0.3) is 0 Å². The van der Waals surface area contributed by atoms with Gasteiger partial charge in [0.25, 0.3) is 5.56 Å². The van der Waals surface area contributed by atoms with Crippen molar-refractivity contribution in [3.63, 3.8) is 0 Å². The molecule has 0 bridgehead atoms. The molecule has 0 radical (unpaired) electrons. The molecule has 0 fully saturated rings. The van der Waals surface area contributed by atoms with Crippen molar-refractivity contribution in [3.8, 4) is 11.5 Å². The minimum absolute atomic E-state index is 0.0723. The molecule has 0 spiro atoms. The summed E-state index contributed by atoms with van der Waals surface area (Å²) in [6, 6.07) is 5.72. The molecule has 0 amide bonds. The van der Waals surface area contributed by atoms with Crippen molar-refractivity contribution in [2.45, 2.75) is 38.5 Å². The molecule has 0 aliphatic heterocycles. The standard InChI is InChI=1S/C17H22N2O3S/c1-10(2)22-14-7-6-12(9-15(14)21-4)8-13-11(3)18-17(23-5)19-16(13)20/h6-7,9-10H,8H2,1-5H3,(H,18,19,20). The van der Waals surface area contributed by atoms with Gasteiger partial charge in [0.15, 0.2) is 16.7 Å². The summed E-state index contributed by atoms with van der Waals surface area (Å²) in [4.78, 5) is 19.4. The minimum Gasteiger partial charge on any atom is -0.493 e. The van der Waals surface area contributed by atoms with E-state index in [4.69, 9.17) is 9.47 Å². The number of aromatic nitrogens is 2. The van der Waals surface area contributed by atoms with Crippen LogP contribution < -0.4 is 15.0 Å². The number of thioether (sulfide) groups is 1. The Bertz CT molecular complexity index is 741. The van der Waals surface area contributed by atoms with Crippen LogP contribution in [0.1, 0.15) is 30.7 Å². The van der Waals surface area contributed by atoms with Gasteiger partial charge in [0.2, 0.25) is 0 Å². The van der Waals surface area contributed by atoms with Crippen LogP contribution in [0.15, 0.2) is 28.2 Å². The van der Waals surface area contributed by atoms with Crippen LogP contribution in [0.5, 0.6) is 11.5 Å². The fraction of sp³-hybridized carbons (Fsp3) is 0.412. The number of H-pyrrole nitrogens is 1. The first-order valence-corrected chi connectivity index (χ1v) is 8.64. The minimum atomic E-state index is -0.0941. The van der Waals surface area contributed by atoms with Crippen LogP contribution >= 0.6 is 11.8 Å². The second-order valence-electron chi connectivity index (χ2n) is 5.47. The third kappa shape index (κ3) is 4.28. The zero-order chi connectivity index (χ0) is 17.0. The van der Waals surface area contributed by atoms with Gasteiger partial charge in [-0.2, -0.15) is 0 Å². The van der Waals surface area contributed by atoms with Crippen LogP contribution in [0, 0.1) is 6.92 Å². The molecule has 124 valence electrons. The van der Waals surface area contributed by atoms with E-state index in [1.807, 2.05) is 45.2 Å². The smallest absolute Gasteiger partial charge is 0.255 e. The van der Waals surface area contributed by atoms with Gasteiger partial charge in [0, 0.05) is 17.7 Å². The highest BCUT2D eigenvalue weighted by Crippen LogP contribution is 2.29. The molecule has 2 rings (SSSR count). The molecule has 1 aromatic heterocycles. The summed E-state index contributed by atoms with van der Waals surface area (Å²) in [5, 5.41) is 0.634. The van der Waals surface area contributed by atoms with E-state index < -0.39 is 0 Å². The highest BCUT2D eigenvalue weighted by Gasteiger charge is 2.12. The zero-order valence-electron chi connectivity index (χ0n) is 14.1. The summed E-state index contributed by atoms with van der Waals surface area (Å²) in [5.41, 5.74) is 2.30. The van der Waals surface area contributed by atoms with Gasteiger partial charge in [-0.15, -0.1) is 0 Å². The second-order valence-corrected chi connectivity index (χ2v) is 6.26. The van der Waals surface area contributed by atoms with E-state index in [1.54, 1.807) is 7.11 Å². The highest BCUT2D eigenvalue weighted by atomic mass is 32.2. The van der Waals surface area contributed by atoms with Crippen LogP contribution in [-0.4, -0.2) is 29.4 Å². The topological polar surface area (TPSA) is 64.2 Å². The van der Waals surface area contributed by atoms with Crippen molar-refractivity contribution in [1.82, 2.24) is 9.97 Å². The lowest BCUT2D eigenvalue weighted by atomic mass is 10.0. The number of nitrogens with one attached hydrogen (secondary N) is 1. The zero-order valence-corrected chi connectivity index (χ0v) is 14.9. The Morgan fingerprint density at radius 3 is 2.61 bits per heavy atom. The molecule has 0 aliphatic carbocycles. The molecule has 0 atom stereocenters. The van der Waals surface area contributed by atoms with Crippen LogP contribution in [-0.2, 0) is 6.42 Å². The van der Waals surface area contributed by atoms with Crippen LogP contribution in [0.4, 0.5) is 0 Å². The molecule has 6 heteroatoms. The highest BCUT2D eigenvalue weighted by molar-refractivity contribution is 7.98. The van der Waals surface area contributed by atoms with E-state index in [0.29, 0.717) is 28.6 Å². The first kappa shape index (κ1) is 17.4. The average molecular weight is 334 g/mol. The summed E-state index contributed by atoms with van der Waals surface area (Å²) < 4.78 is 11.1. The molecule has 0 saturated carbocycles. The number of rotatable bonds is 6. The molecule has 23 heavy (non-hydrogen) atoms. The SMILES string of the molecule is COc1cc(Cc2c(C)nc(SC)[nH]c2=O)ccc1OC(C)C. The van der Waals surface area contributed by atoms with Gasteiger partial charge in [-0.1, -0.05) is 17.8 Å². The molecule has 0 saturated heterocycles. The monoisotopic (exact) mass is 334 g/mol. The summed E-state index contributed by atoms with van der Waals surface area (Å²) >= 11 is 1.42. The number of hydrogen-bond acceptors (Lipinski definition) is 5. The quantitative estimate of drug-likeness (QED) is 0.649. The van der Waals surface area contributed by atoms with Crippen molar-refractivity contribution in [2.24, 2.45) is 0 Å². The predicted molar refractivity (Wildman–Crippen MR) is 92.9 cm³/mol. The first-order chi connectivity index (χ1) is 10.9. The molecule has 0 unspecified atom stereocenters. The van der Waals surface area contributed by atoms with E-state index in [-0.39, 0.29) is 11.7 Å². The van der Waals surface area contributed by atoms with Crippen LogP contribution in [0.3, 0.4) is 0 Å². The number of aryl methyl sites for hydroxylation is 1. The lowest BCUT2D eigenvalue weighted by molar-refractivity contribution is 0.230. The number of methoxy groups -OCH3 is 1. The van der Waals surface area contributed by atoms with Crippen molar-refractivity contribution in [3.05, 3.63) is 45.4 Å². The van der Waals surface area contributed by atoms with Gasteiger partial charge in [-0.05, 0) is 44.7 Å². The van der Waals surface area contributed by atoms with Gasteiger partial charge in [-0.25, -0.2) is 4.98 Å². The van der Waals surface area contributed by atoms with Crippen molar-refractivity contribution >= 4 is 11.8 Å². The number of benzene rings is 1. The molecule has 5 nitrogen and oxygen atoms in total. The van der Waals surface area contributed by atoms with Gasteiger partial charge in [-0.3, -0.25) is 4.79 Å². The maximum absolute atomic E-state index is 12.2. The van der Waals surface area contributed by atoms with Crippen LogP contribution in [0.2, 0.25) is 0 Å². The molecule has 2 aromatic rings. The van der Waals surface area contributed by atoms with Crippen molar-refractivity contribution in [1.29, 1.82) is 0 Å². The summed E-state index contributed by atoms with van der Waals surface area (Å²) in [6.45, 7) is 5.79. The maximum Gasteiger partial charge on any atom is 0.255 e. The third-order valence-electron chi connectivity index (χ3n) is 3.37. The Labute approximate surface area is 140 Å². The first-order valence-electron chi connectivity index (χ1n) is 7.42. The van der Waals surface area contributed by atoms with Gasteiger partial charge in [0.1, 0.15) is 0 Å². The molecule has 0 aliphatic rings. The molecule has 1 N–H and O–H groups in total. The summed E-state index contributed by atoms with van der Waals surface area (Å²) in [7, 11) is 1.61. The Morgan fingerprint density at radius 1 is 1.30 bits per heavy atom. The predicted octanol–water partition coefficient (Wildman–Crippen LogP) is 3.19. The lowest BCUT2D eigenvalue weighted by Gasteiger charge is -2.14. The molecule has 1 heterocycles. The average Bonchev–Trinajstić information content (AvgIpc) is 2.51. The van der Waals surface area contributed by atoms with Crippen molar-refractivity contribution < 1.29 is 9.47 Å². The second kappa shape index (κ2) is 7.55. The third-order valence-corrected chi connectivity index (χ3v) is 3.95. The van der Waals surface area contributed by atoms with Gasteiger partial charge in [0.05, 0.1) is 13.2 Å². The normalized spacial score (nSPS) is 10.9. The van der Waals surface area contributed by atoms with E-state index in [9.17, 15) is 4.79 Å². The van der Waals surface area contributed by atoms with E-state index in [1.165, 1.54) is 11.8 Å². The number of aromatic amines is 1. The summed E-state index contributed by atoms with van der Waals surface area (Å²) in [6.07, 6.45) is 2.46. The molecular weight excluding hydrogens is 312 g/mol. The Morgan fingerprint density at radius 2 is 2.04 bits per heavy atom. The molecule has 1 aromatic carbocycles. The Balaban J connectivity index is 2.32. The molecular formula is C17H22N2O3S. The largest absolute Gasteiger partial charge is 0.493 e. The van der Waals surface area contributed by atoms with E-state index in [0.717, 1.165) is 11.3 Å². The number of ether oxygens (including phenoxy) is 2.